The summed E-state index contributed by atoms with van der Waals surface area (Å²) in [6.45, 7) is 2.57. The Hall–Kier alpha value is -0.910. The summed E-state index contributed by atoms with van der Waals surface area (Å²) >= 11 is 3.00. The van der Waals surface area contributed by atoms with Gasteiger partial charge in [-0.2, -0.15) is 0 Å². The Bertz CT molecular complexity index is 366. The van der Waals surface area contributed by atoms with E-state index in [2.05, 4.69) is 20.7 Å². The highest BCUT2D eigenvalue weighted by Crippen LogP contribution is 2.33. The van der Waals surface area contributed by atoms with Gasteiger partial charge in [0.15, 0.2) is 0 Å². The van der Waals surface area contributed by atoms with Gasteiger partial charge in [-0.3, -0.25) is 0 Å². The average molecular weight is 313 g/mol. The number of benzene rings is 1. The quantitative estimate of drug-likeness (QED) is 0.744. The maximum Gasteiger partial charge on any atom is 0.573 e. The van der Waals surface area contributed by atoms with Crippen molar-refractivity contribution < 1.29 is 22.6 Å². The maximum absolute atomic E-state index is 12.0. The van der Waals surface area contributed by atoms with Crippen LogP contribution in [0.4, 0.5) is 13.2 Å². The first-order valence-corrected chi connectivity index (χ1v) is 5.90. The largest absolute Gasteiger partial charge is 0.573 e. The summed E-state index contributed by atoms with van der Waals surface area (Å²) in [7, 11) is 0. The van der Waals surface area contributed by atoms with Gasteiger partial charge >= 0.3 is 6.36 Å². The van der Waals surface area contributed by atoms with Crippen molar-refractivity contribution in [3.8, 4) is 11.5 Å². The molecule has 0 N–H and O–H groups in total. The van der Waals surface area contributed by atoms with E-state index in [4.69, 9.17) is 4.74 Å². The minimum Gasteiger partial charge on any atom is -0.494 e. The Balaban J connectivity index is 2.66. The molecule has 1 aromatic carbocycles. The van der Waals surface area contributed by atoms with Crippen LogP contribution in [0.3, 0.4) is 0 Å². The first-order valence-electron chi connectivity index (χ1n) is 5.10. The van der Waals surface area contributed by atoms with Crippen molar-refractivity contribution in [1.82, 2.24) is 0 Å². The first-order chi connectivity index (χ1) is 7.92. The lowest BCUT2D eigenvalue weighted by Crippen LogP contribution is -2.17. The van der Waals surface area contributed by atoms with Gasteiger partial charge in [0.25, 0.3) is 0 Å². The molecule has 0 radical (unpaired) electrons. The summed E-state index contributed by atoms with van der Waals surface area (Å²) in [6.07, 6.45) is -2.79. The van der Waals surface area contributed by atoms with Gasteiger partial charge in [0.05, 0.1) is 11.1 Å². The monoisotopic (exact) mass is 312 g/mol. The highest BCUT2D eigenvalue weighted by atomic mass is 79.9. The SMILES string of the molecule is CCCCOc1ccc(OC(F)(F)F)c(Br)c1. The lowest BCUT2D eigenvalue weighted by Gasteiger charge is -2.12. The molecular weight excluding hydrogens is 301 g/mol. The second kappa shape index (κ2) is 6.14. The van der Waals surface area contributed by atoms with Crippen LogP contribution >= 0.6 is 15.9 Å². The zero-order valence-corrected chi connectivity index (χ0v) is 10.8. The van der Waals surface area contributed by atoms with Crippen LogP contribution in [0.1, 0.15) is 19.8 Å². The van der Waals surface area contributed by atoms with Crippen LogP contribution in [-0.4, -0.2) is 13.0 Å². The molecule has 0 aliphatic carbocycles. The minimum atomic E-state index is -4.69. The second-order valence-electron chi connectivity index (χ2n) is 3.34. The van der Waals surface area contributed by atoms with Crippen molar-refractivity contribution in [2.75, 3.05) is 6.61 Å². The molecule has 0 atom stereocenters. The Kier molecular flexibility index (Phi) is 5.11. The van der Waals surface area contributed by atoms with Crippen LogP contribution < -0.4 is 9.47 Å². The number of halogens is 4. The summed E-state index contributed by atoms with van der Waals surface area (Å²) in [4.78, 5) is 0. The van der Waals surface area contributed by atoms with Crippen molar-refractivity contribution in [2.45, 2.75) is 26.1 Å². The third kappa shape index (κ3) is 5.30. The molecule has 0 saturated carbocycles. The zero-order chi connectivity index (χ0) is 12.9. The van der Waals surface area contributed by atoms with Crippen molar-refractivity contribution >= 4 is 15.9 Å². The second-order valence-corrected chi connectivity index (χ2v) is 4.20. The zero-order valence-electron chi connectivity index (χ0n) is 9.18. The van der Waals surface area contributed by atoms with Crippen LogP contribution in [0.2, 0.25) is 0 Å². The molecular formula is C11H12BrF3O2. The van der Waals surface area contributed by atoms with Gasteiger partial charge in [-0.15, -0.1) is 13.2 Å². The molecule has 2 nitrogen and oxygen atoms in total. The van der Waals surface area contributed by atoms with Gasteiger partial charge in [-0.1, -0.05) is 13.3 Å². The molecule has 17 heavy (non-hydrogen) atoms. The number of ether oxygens (including phenoxy) is 2. The van der Waals surface area contributed by atoms with Gasteiger partial charge in [0.1, 0.15) is 11.5 Å². The van der Waals surface area contributed by atoms with Crippen LogP contribution in [0.25, 0.3) is 0 Å². The van der Waals surface area contributed by atoms with E-state index in [1.807, 2.05) is 6.92 Å². The van der Waals surface area contributed by atoms with Crippen LogP contribution in [0, 0.1) is 0 Å². The Morgan fingerprint density at radius 1 is 1.29 bits per heavy atom. The lowest BCUT2D eigenvalue weighted by atomic mass is 10.3. The Morgan fingerprint density at radius 3 is 2.53 bits per heavy atom. The third-order valence-corrected chi connectivity index (χ3v) is 2.52. The molecule has 0 saturated heterocycles. The van der Waals surface area contributed by atoms with E-state index in [0.717, 1.165) is 12.8 Å². The van der Waals surface area contributed by atoms with Crippen LogP contribution in [-0.2, 0) is 0 Å². The van der Waals surface area contributed by atoms with Gasteiger partial charge in [-0.05, 0) is 40.5 Å². The van der Waals surface area contributed by atoms with Crippen LogP contribution in [0.5, 0.6) is 11.5 Å². The molecule has 0 unspecified atom stereocenters. The topological polar surface area (TPSA) is 18.5 Å². The lowest BCUT2D eigenvalue weighted by molar-refractivity contribution is -0.274. The van der Waals surface area contributed by atoms with Crippen molar-refractivity contribution in [1.29, 1.82) is 0 Å². The molecule has 1 rings (SSSR count). The predicted molar refractivity (Wildman–Crippen MR) is 61.2 cm³/mol. The Morgan fingerprint density at radius 2 is 2.00 bits per heavy atom. The molecule has 0 fully saturated rings. The molecule has 6 heteroatoms. The molecule has 0 aliphatic rings. The third-order valence-electron chi connectivity index (χ3n) is 1.90. The summed E-state index contributed by atoms with van der Waals surface area (Å²) in [5.74, 6) is 0.236. The highest BCUT2D eigenvalue weighted by Gasteiger charge is 2.31. The smallest absolute Gasteiger partial charge is 0.494 e. The molecule has 0 aliphatic heterocycles. The van der Waals surface area contributed by atoms with E-state index in [1.54, 1.807) is 0 Å². The molecule has 0 bridgehead atoms. The fourth-order valence-electron chi connectivity index (χ4n) is 1.11. The molecule has 0 aromatic heterocycles. The Labute approximate surface area is 106 Å². The van der Waals surface area contributed by atoms with E-state index in [9.17, 15) is 13.2 Å². The first kappa shape index (κ1) is 14.2. The van der Waals surface area contributed by atoms with E-state index in [1.165, 1.54) is 18.2 Å². The van der Waals surface area contributed by atoms with Crippen molar-refractivity contribution in [2.24, 2.45) is 0 Å². The minimum absolute atomic E-state index is 0.212. The fourth-order valence-corrected chi connectivity index (χ4v) is 1.55. The summed E-state index contributed by atoms with van der Waals surface area (Å²) in [5, 5.41) is 0. The molecule has 1 aromatic rings. The number of hydrogen-bond acceptors (Lipinski definition) is 2. The molecule has 0 amide bonds. The standard InChI is InChI=1S/C11H12BrF3O2/c1-2-3-6-16-8-4-5-10(9(12)7-8)17-11(13,14)15/h4-5,7H,2-3,6H2,1H3. The number of alkyl halides is 3. The van der Waals surface area contributed by atoms with Crippen molar-refractivity contribution in [3.63, 3.8) is 0 Å². The maximum atomic E-state index is 12.0. The van der Waals surface area contributed by atoms with Crippen LogP contribution in [0.15, 0.2) is 22.7 Å². The summed E-state index contributed by atoms with van der Waals surface area (Å²) < 4.78 is 45.4. The van der Waals surface area contributed by atoms with E-state index >= 15 is 0 Å². The highest BCUT2D eigenvalue weighted by molar-refractivity contribution is 9.10. The number of rotatable bonds is 5. The average Bonchev–Trinajstić information content (AvgIpc) is 2.21. The molecule has 0 spiro atoms. The molecule has 96 valence electrons. The van der Waals surface area contributed by atoms with E-state index < -0.39 is 6.36 Å². The fraction of sp³-hybridized carbons (Fsp3) is 0.455. The van der Waals surface area contributed by atoms with Gasteiger partial charge in [-0.25, -0.2) is 0 Å². The van der Waals surface area contributed by atoms with E-state index in [0.29, 0.717) is 12.4 Å². The predicted octanol–water partition coefficient (Wildman–Crippen LogP) is 4.53. The summed E-state index contributed by atoms with van der Waals surface area (Å²) in [6, 6.07) is 4.12. The number of hydrogen-bond donors (Lipinski definition) is 0. The normalized spacial score (nSPS) is 11.4. The van der Waals surface area contributed by atoms with Crippen molar-refractivity contribution in [3.05, 3.63) is 22.7 Å². The van der Waals surface area contributed by atoms with Gasteiger partial charge in [0, 0.05) is 0 Å². The molecule has 0 heterocycles. The van der Waals surface area contributed by atoms with Gasteiger partial charge < -0.3 is 9.47 Å². The summed E-state index contributed by atoms with van der Waals surface area (Å²) in [5.41, 5.74) is 0. The van der Waals surface area contributed by atoms with Gasteiger partial charge in [0.2, 0.25) is 0 Å². The van der Waals surface area contributed by atoms with E-state index in [-0.39, 0.29) is 10.2 Å². The number of unbranched alkanes of at least 4 members (excludes halogenated alkanes) is 1.